The lowest BCUT2D eigenvalue weighted by molar-refractivity contribution is -0.140. The predicted molar refractivity (Wildman–Crippen MR) is 209 cm³/mol. The molecule has 0 saturated carbocycles. The summed E-state index contributed by atoms with van der Waals surface area (Å²) in [6.07, 6.45) is -1.26. The minimum absolute atomic E-state index is 0.0707. The van der Waals surface area contributed by atoms with Gasteiger partial charge >= 0.3 is 11.9 Å². The number of benzene rings is 2. The highest BCUT2D eigenvalue weighted by Gasteiger charge is 2.19. The van der Waals surface area contributed by atoms with E-state index in [4.69, 9.17) is 52.4 Å². The summed E-state index contributed by atoms with van der Waals surface area (Å²) in [4.78, 5) is 30.6. The minimum Gasteiger partial charge on any atom is -0.481 e. The molecule has 5 N–H and O–H groups in total. The van der Waals surface area contributed by atoms with Gasteiger partial charge in [0.25, 0.3) is 0 Å². The van der Waals surface area contributed by atoms with E-state index in [2.05, 4.69) is 47.1 Å². The van der Waals surface area contributed by atoms with Gasteiger partial charge in [-0.05, 0) is 63.3 Å². The van der Waals surface area contributed by atoms with E-state index in [9.17, 15) is 19.8 Å². The Labute approximate surface area is 338 Å². The molecule has 0 unspecified atom stereocenters. The smallest absolute Gasteiger partial charge is 0.306 e. The number of carbonyl (C=O) groups is 2. The van der Waals surface area contributed by atoms with E-state index in [1.165, 1.54) is 14.2 Å². The van der Waals surface area contributed by atoms with Gasteiger partial charge in [0.2, 0.25) is 23.5 Å². The zero-order valence-corrected chi connectivity index (χ0v) is 34.0. The first-order valence-corrected chi connectivity index (χ1v) is 18.9. The second-order valence-corrected chi connectivity index (χ2v) is 14.5. The van der Waals surface area contributed by atoms with Crippen LogP contribution in [0, 0.1) is 0 Å². The van der Waals surface area contributed by atoms with E-state index >= 15 is 0 Å². The average molecular weight is 916 g/mol. The van der Waals surface area contributed by atoms with E-state index in [1.807, 2.05) is 42.5 Å². The number of pyridine rings is 2. The van der Waals surface area contributed by atoms with Crippen LogP contribution in [0.3, 0.4) is 0 Å². The first-order valence-electron chi connectivity index (χ1n) is 16.6. The van der Waals surface area contributed by atoms with Crippen molar-refractivity contribution in [2.75, 3.05) is 20.8 Å². The molecule has 17 heteroatoms. The second kappa shape index (κ2) is 20.8. The lowest BCUT2D eigenvalue weighted by atomic mass is 10.0. The van der Waals surface area contributed by atoms with Gasteiger partial charge in [0.1, 0.15) is 13.2 Å². The third-order valence-corrected chi connectivity index (χ3v) is 10.1. The number of carboxylic acid groups (broad SMARTS) is 2. The van der Waals surface area contributed by atoms with Crippen LogP contribution in [0.4, 0.5) is 0 Å². The van der Waals surface area contributed by atoms with Crippen molar-refractivity contribution >= 4 is 67.0 Å². The van der Waals surface area contributed by atoms with Crippen molar-refractivity contribution in [1.29, 1.82) is 0 Å². The Kier molecular flexibility index (Phi) is 16.6. The summed E-state index contributed by atoms with van der Waals surface area (Å²) < 4.78 is 24.2. The van der Waals surface area contributed by atoms with Gasteiger partial charge in [-0.25, -0.2) is 0 Å². The Morgan fingerprint density at radius 1 is 0.741 bits per heavy atom. The van der Waals surface area contributed by atoms with Crippen molar-refractivity contribution < 1.29 is 49.0 Å². The molecule has 2 atom stereocenters. The number of nitrogens with one attached hydrogen (secondary N) is 1. The zero-order valence-electron chi connectivity index (χ0n) is 29.3. The number of hydrogen-bond acceptors (Lipinski definition) is 11. The predicted octanol–water partition coefficient (Wildman–Crippen LogP) is 7.23. The van der Waals surface area contributed by atoms with Gasteiger partial charge in [0, 0.05) is 46.5 Å². The van der Waals surface area contributed by atoms with Crippen molar-refractivity contribution in [3.63, 3.8) is 0 Å². The molecule has 0 aliphatic carbocycles. The molecule has 0 spiro atoms. The number of carboxylic acids is 2. The van der Waals surface area contributed by atoms with E-state index in [0.717, 1.165) is 5.56 Å². The van der Waals surface area contributed by atoms with Crippen molar-refractivity contribution in [3.8, 4) is 34.6 Å². The number of hydrogen-bond donors (Lipinski definition) is 5. The highest BCUT2D eigenvalue weighted by atomic mass is 79.9. The van der Waals surface area contributed by atoms with Crippen molar-refractivity contribution in [3.05, 3.63) is 89.8 Å². The zero-order chi connectivity index (χ0) is 39.4. The standard InChI is InChI=1S/C37H39Br2Cl2N3O10/c1-51-34-20(6-3-9-24(45)14-30(47)48)12-28(38)36(43-34)53-18-21-7-4-10-26(32(21)40)27-11-5-8-22(33(27)41)19-54-37-29(39)13-23(35(44-37)52-2)16-42-17-25(46)15-31(49)50/h4-5,7-8,10-13,24-25,42,45-46H,3,6,9,14-19H2,1-2H3,(H,47,48)(H,49,50)/t24-,25+/m1/s1. The SMILES string of the molecule is COc1nc(OCc2cccc(-c3cccc(COc4nc(OC)c(CNC[C@@H](O)CC(=O)O)cc4Br)c3Cl)c2Cl)c(Br)cc1CCC[C@@H](O)CC(=O)O. The van der Waals surface area contributed by atoms with Crippen molar-refractivity contribution in [1.82, 2.24) is 15.3 Å². The fourth-order valence-corrected chi connectivity index (χ4v) is 6.94. The fourth-order valence-electron chi connectivity index (χ4n) is 5.42. The molecular weight excluding hydrogens is 877 g/mol. The lowest BCUT2D eigenvalue weighted by Gasteiger charge is -2.16. The first-order chi connectivity index (χ1) is 25.8. The highest BCUT2D eigenvalue weighted by molar-refractivity contribution is 9.10. The number of halogens is 4. The van der Waals surface area contributed by atoms with Gasteiger partial charge in [-0.2, -0.15) is 9.97 Å². The Balaban J connectivity index is 1.43. The van der Waals surface area contributed by atoms with Crippen LogP contribution in [0.1, 0.15) is 47.9 Å². The number of aliphatic carboxylic acids is 2. The molecule has 4 rings (SSSR count). The third kappa shape index (κ3) is 12.2. The molecule has 0 saturated heterocycles. The first kappa shape index (κ1) is 43.0. The quantitative estimate of drug-likeness (QED) is 0.0564. The molecule has 0 amide bonds. The van der Waals surface area contributed by atoms with Crippen molar-refractivity contribution in [2.45, 2.75) is 64.1 Å². The van der Waals surface area contributed by atoms with E-state index < -0.39 is 24.1 Å². The Morgan fingerprint density at radius 2 is 1.22 bits per heavy atom. The number of ether oxygens (including phenoxy) is 4. The molecule has 2 aromatic heterocycles. The highest BCUT2D eigenvalue weighted by Crippen LogP contribution is 2.39. The largest absolute Gasteiger partial charge is 0.481 e. The molecule has 290 valence electrons. The monoisotopic (exact) mass is 913 g/mol. The van der Waals surface area contributed by atoms with Crippen LogP contribution in [0.5, 0.6) is 23.5 Å². The fraction of sp³-hybridized carbons (Fsp3) is 0.351. The van der Waals surface area contributed by atoms with E-state index in [-0.39, 0.29) is 50.9 Å². The second-order valence-electron chi connectivity index (χ2n) is 12.0. The van der Waals surface area contributed by atoms with E-state index in [0.29, 0.717) is 77.8 Å². The van der Waals surface area contributed by atoms with E-state index in [1.54, 1.807) is 6.07 Å². The van der Waals surface area contributed by atoms with Crippen LogP contribution in [0.25, 0.3) is 11.1 Å². The number of nitrogens with zero attached hydrogens (tertiary/aromatic N) is 2. The van der Waals surface area contributed by atoms with Crippen LogP contribution in [-0.4, -0.2) is 75.3 Å². The summed E-state index contributed by atoms with van der Waals surface area (Å²) in [5.41, 5.74) is 4.16. The van der Waals surface area contributed by atoms with Gasteiger partial charge < -0.3 is 44.7 Å². The summed E-state index contributed by atoms with van der Waals surface area (Å²) in [5, 5.41) is 41.3. The summed E-state index contributed by atoms with van der Waals surface area (Å²) in [5.74, 6) is -0.937. The van der Waals surface area contributed by atoms with Crippen LogP contribution >= 0.6 is 55.1 Å². The molecular formula is C37H39Br2Cl2N3O10. The summed E-state index contributed by atoms with van der Waals surface area (Å²) in [6.45, 7) is 0.496. The normalized spacial score (nSPS) is 12.2. The number of rotatable bonds is 21. The van der Waals surface area contributed by atoms with Crippen molar-refractivity contribution in [2.24, 2.45) is 0 Å². The Hall–Kier alpha value is -3.70. The van der Waals surface area contributed by atoms with Gasteiger partial charge in [-0.3, -0.25) is 9.59 Å². The summed E-state index contributed by atoms with van der Waals surface area (Å²) in [7, 11) is 2.97. The molecule has 0 radical (unpaired) electrons. The maximum Gasteiger partial charge on any atom is 0.306 e. The van der Waals surface area contributed by atoms with Crippen LogP contribution in [-0.2, 0) is 35.8 Å². The molecule has 0 aliphatic rings. The number of aliphatic hydroxyl groups excluding tert-OH is 2. The Morgan fingerprint density at radius 3 is 1.72 bits per heavy atom. The van der Waals surface area contributed by atoms with Gasteiger partial charge in [0.15, 0.2) is 0 Å². The summed E-state index contributed by atoms with van der Waals surface area (Å²) in [6, 6.07) is 14.7. The third-order valence-electron chi connectivity index (χ3n) is 8.03. The topological polar surface area (TPSA) is 190 Å². The molecule has 2 heterocycles. The maximum absolute atomic E-state index is 10.8. The molecule has 0 fully saturated rings. The van der Waals surface area contributed by atoms with Crippen LogP contribution in [0.15, 0.2) is 57.5 Å². The van der Waals surface area contributed by atoms with Gasteiger partial charge in [-0.1, -0.05) is 59.6 Å². The summed E-state index contributed by atoms with van der Waals surface area (Å²) >= 11 is 20.9. The lowest BCUT2D eigenvalue weighted by Crippen LogP contribution is -2.28. The Bertz CT molecular complexity index is 1800. The number of aliphatic hydroxyl groups is 2. The number of aryl methyl sites for hydroxylation is 1. The molecule has 0 aliphatic heterocycles. The average Bonchev–Trinajstić information content (AvgIpc) is 3.11. The number of methoxy groups -OCH3 is 2. The maximum atomic E-state index is 10.8. The van der Waals surface area contributed by atoms with Crippen LogP contribution < -0.4 is 24.3 Å². The molecule has 4 aromatic rings. The molecule has 13 nitrogen and oxygen atoms in total. The molecule has 0 bridgehead atoms. The molecule has 54 heavy (non-hydrogen) atoms. The number of aromatic nitrogens is 2. The molecule has 2 aromatic carbocycles. The van der Waals surface area contributed by atoms with Gasteiger partial charge in [0.05, 0.1) is 58.3 Å². The van der Waals surface area contributed by atoms with Crippen LogP contribution in [0.2, 0.25) is 10.0 Å². The minimum atomic E-state index is -1.09. The van der Waals surface area contributed by atoms with Gasteiger partial charge in [-0.15, -0.1) is 0 Å².